The van der Waals surface area contributed by atoms with Gasteiger partial charge >= 0.3 is 5.97 Å². The van der Waals surface area contributed by atoms with Crippen LogP contribution in [0.4, 0.5) is 0 Å². The molecule has 1 heterocycles. The van der Waals surface area contributed by atoms with Crippen LogP contribution in [0.15, 0.2) is 61.2 Å². The van der Waals surface area contributed by atoms with Gasteiger partial charge < -0.3 is 9.30 Å². The third-order valence-electron chi connectivity index (χ3n) is 4.26. The normalized spacial score (nSPS) is 10.7. The summed E-state index contributed by atoms with van der Waals surface area (Å²) in [6, 6.07) is 13.2. The van der Waals surface area contributed by atoms with E-state index in [4.69, 9.17) is 27.9 Å². The molecule has 0 aliphatic carbocycles. The van der Waals surface area contributed by atoms with Crippen molar-refractivity contribution in [1.82, 2.24) is 9.55 Å². The fraction of sp³-hybridized carbons (Fsp3) is 0.238. The second-order valence-electron chi connectivity index (χ2n) is 6.20. The SMILES string of the molecule is O=C(Cc1ccccc1Cc1c(Cl)cccc1Cl)OCCCn1ccnc1. The van der Waals surface area contributed by atoms with Crippen molar-refractivity contribution in [2.45, 2.75) is 25.8 Å². The molecular formula is C21H20Cl2N2O2. The summed E-state index contributed by atoms with van der Waals surface area (Å²) in [6.07, 6.45) is 6.91. The Morgan fingerprint density at radius 3 is 2.48 bits per heavy atom. The molecule has 0 aliphatic heterocycles. The number of esters is 1. The van der Waals surface area contributed by atoms with Crippen molar-refractivity contribution in [3.05, 3.63) is 87.9 Å². The third-order valence-corrected chi connectivity index (χ3v) is 4.97. The van der Waals surface area contributed by atoms with E-state index in [1.165, 1.54) is 0 Å². The van der Waals surface area contributed by atoms with E-state index in [1.807, 2.05) is 53.2 Å². The molecule has 3 aromatic rings. The standard InChI is InChI=1S/C21H20Cl2N2O2/c22-19-7-3-8-20(23)18(19)13-16-5-1-2-6-17(16)14-21(26)27-12-4-10-25-11-9-24-15-25/h1-3,5-9,11,15H,4,10,12-14H2. The zero-order valence-corrected chi connectivity index (χ0v) is 16.3. The van der Waals surface area contributed by atoms with E-state index in [0.717, 1.165) is 29.7 Å². The van der Waals surface area contributed by atoms with Crippen molar-refractivity contribution in [3.8, 4) is 0 Å². The second-order valence-corrected chi connectivity index (χ2v) is 7.01. The first-order valence-electron chi connectivity index (χ1n) is 8.74. The van der Waals surface area contributed by atoms with Crippen LogP contribution in [-0.4, -0.2) is 22.1 Å². The Morgan fingerprint density at radius 1 is 1.04 bits per heavy atom. The predicted molar refractivity (Wildman–Crippen MR) is 107 cm³/mol. The lowest BCUT2D eigenvalue weighted by Gasteiger charge is -2.12. The maximum atomic E-state index is 12.2. The van der Waals surface area contributed by atoms with E-state index in [2.05, 4.69) is 4.98 Å². The molecule has 1 aromatic heterocycles. The minimum absolute atomic E-state index is 0.226. The molecule has 0 aliphatic rings. The van der Waals surface area contributed by atoms with Crippen LogP contribution in [0.3, 0.4) is 0 Å². The van der Waals surface area contributed by atoms with Crippen LogP contribution in [0.2, 0.25) is 10.0 Å². The zero-order valence-electron chi connectivity index (χ0n) is 14.8. The number of rotatable bonds is 8. The van der Waals surface area contributed by atoms with E-state index in [0.29, 0.717) is 23.1 Å². The lowest BCUT2D eigenvalue weighted by Crippen LogP contribution is -2.12. The Balaban J connectivity index is 1.58. The van der Waals surface area contributed by atoms with Crippen molar-refractivity contribution < 1.29 is 9.53 Å². The Hall–Kier alpha value is -2.30. The van der Waals surface area contributed by atoms with Crippen molar-refractivity contribution in [3.63, 3.8) is 0 Å². The molecule has 4 nitrogen and oxygen atoms in total. The topological polar surface area (TPSA) is 44.1 Å². The maximum Gasteiger partial charge on any atom is 0.310 e. The number of halogens is 2. The minimum Gasteiger partial charge on any atom is -0.465 e. The van der Waals surface area contributed by atoms with E-state index >= 15 is 0 Å². The van der Waals surface area contributed by atoms with Crippen molar-refractivity contribution in [2.75, 3.05) is 6.61 Å². The molecule has 2 aromatic carbocycles. The molecule has 0 atom stereocenters. The number of carbonyl (C=O) groups excluding carboxylic acids is 1. The Labute approximate surface area is 168 Å². The quantitative estimate of drug-likeness (QED) is 0.395. The molecule has 27 heavy (non-hydrogen) atoms. The molecule has 0 saturated carbocycles. The van der Waals surface area contributed by atoms with Gasteiger partial charge in [-0.1, -0.05) is 53.5 Å². The van der Waals surface area contributed by atoms with E-state index in [1.54, 1.807) is 12.5 Å². The van der Waals surface area contributed by atoms with Crippen LogP contribution in [0.1, 0.15) is 23.1 Å². The summed E-state index contributed by atoms with van der Waals surface area (Å²) in [5, 5.41) is 1.25. The highest BCUT2D eigenvalue weighted by Gasteiger charge is 2.12. The summed E-state index contributed by atoms with van der Waals surface area (Å²) in [7, 11) is 0. The average molecular weight is 403 g/mol. The van der Waals surface area contributed by atoms with Crippen LogP contribution >= 0.6 is 23.2 Å². The van der Waals surface area contributed by atoms with Crippen molar-refractivity contribution in [2.24, 2.45) is 0 Å². The molecule has 0 unspecified atom stereocenters. The van der Waals surface area contributed by atoms with E-state index in [9.17, 15) is 4.79 Å². The number of aromatic nitrogens is 2. The number of aryl methyl sites for hydroxylation is 1. The van der Waals surface area contributed by atoms with Gasteiger partial charge in [0.05, 0.1) is 19.4 Å². The largest absolute Gasteiger partial charge is 0.465 e. The van der Waals surface area contributed by atoms with Gasteiger partial charge in [0, 0.05) is 35.4 Å². The van der Waals surface area contributed by atoms with Gasteiger partial charge in [-0.05, 0) is 35.2 Å². The molecular weight excluding hydrogens is 383 g/mol. The van der Waals surface area contributed by atoms with Gasteiger partial charge in [0.1, 0.15) is 0 Å². The van der Waals surface area contributed by atoms with Crippen LogP contribution in [0.5, 0.6) is 0 Å². The first-order chi connectivity index (χ1) is 13.1. The van der Waals surface area contributed by atoms with Crippen LogP contribution in [-0.2, 0) is 28.9 Å². The Morgan fingerprint density at radius 2 is 1.78 bits per heavy atom. The number of nitrogens with zero attached hydrogens (tertiary/aromatic N) is 2. The van der Waals surface area contributed by atoms with Gasteiger partial charge in [0.2, 0.25) is 0 Å². The number of imidazole rings is 1. The molecule has 0 radical (unpaired) electrons. The highest BCUT2D eigenvalue weighted by molar-refractivity contribution is 6.36. The summed E-state index contributed by atoms with van der Waals surface area (Å²) in [5.74, 6) is -0.238. The molecule has 0 saturated heterocycles. The summed E-state index contributed by atoms with van der Waals surface area (Å²) in [4.78, 5) is 16.2. The fourth-order valence-electron chi connectivity index (χ4n) is 2.85. The maximum absolute atomic E-state index is 12.2. The first kappa shape index (κ1) is 19.5. The number of hydrogen-bond donors (Lipinski definition) is 0. The summed E-state index contributed by atoms with van der Waals surface area (Å²) in [6.45, 7) is 1.16. The predicted octanol–water partition coefficient (Wildman–Crippen LogP) is 4.96. The minimum atomic E-state index is -0.238. The van der Waals surface area contributed by atoms with Gasteiger partial charge in [-0.2, -0.15) is 0 Å². The number of carbonyl (C=O) groups is 1. The smallest absolute Gasteiger partial charge is 0.310 e. The Bertz CT molecular complexity index is 875. The van der Waals surface area contributed by atoms with Crippen LogP contribution in [0, 0.1) is 0 Å². The summed E-state index contributed by atoms with van der Waals surface area (Å²) >= 11 is 12.6. The monoisotopic (exact) mass is 402 g/mol. The number of benzene rings is 2. The molecule has 0 amide bonds. The lowest BCUT2D eigenvalue weighted by atomic mass is 9.98. The molecule has 6 heteroatoms. The highest BCUT2D eigenvalue weighted by atomic mass is 35.5. The van der Waals surface area contributed by atoms with Gasteiger partial charge in [-0.3, -0.25) is 4.79 Å². The average Bonchev–Trinajstić information content (AvgIpc) is 3.17. The van der Waals surface area contributed by atoms with Gasteiger partial charge in [0.15, 0.2) is 0 Å². The molecule has 0 N–H and O–H groups in total. The molecule has 0 bridgehead atoms. The number of hydrogen-bond acceptors (Lipinski definition) is 3. The van der Waals surface area contributed by atoms with E-state index in [-0.39, 0.29) is 12.4 Å². The first-order valence-corrected chi connectivity index (χ1v) is 9.50. The van der Waals surface area contributed by atoms with E-state index < -0.39 is 0 Å². The van der Waals surface area contributed by atoms with Gasteiger partial charge in [-0.15, -0.1) is 0 Å². The molecule has 3 rings (SSSR count). The van der Waals surface area contributed by atoms with Gasteiger partial charge in [0.25, 0.3) is 0 Å². The fourth-order valence-corrected chi connectivity index (χ4v) is 3.38. The lowest BCUT2D eigenvalue weighted by molar-refractivity contribution is -0.143. The van der Waals surface area contributed by atoms with Crippen LogP contribution in [0.25, 0.3) is 0 Å². The number of ether oxygens (including phenoxy) is 1. The Kier molecular flexibility index (Phi) is 6.91. The summed E-state index contributed by atoms with van der Waals surface area (Å²) in [5.41, 5.74) is 2.80. The molecule has 140 valence electrons. The zero-order chi connectivity index (χ0) is 19.1. The highest BCUT2D eigenvalue weighted by Crippen LogP contribution is 2.28. The molecule has 0 fully saturated rings. The molecule has 0 spiro atoms. The van der Waals surface area contributed by atoms with Gasteiger partial charge in [-0.25, -0.2) is 4.98 Å². The van der Waals surface area contributed by atoms with Crippen LogP contribution < -0.4 is 0 Å². The second kappa shape index (κ2) is 9.58. The summed E-state index contributed by atoms with van der Waals surface area (Å²) < 4.78 is 7.33. The van der Waals surface area contributed by atoms with Crippen molar-refractivity contribution >= 4 is 29.2 Å². The third kappa shape index (κ3) is 5.59. The van der Waals surface area contributed by atoms with Crippen molar-refractivity contribution in [1.29, 1.82) is 0 Å².